The zero-order chi connectivity index (χ0) is 11.3. The van der Waals surface area contributed by atoms with E-state index in [1.54, 1.807) is 0 Å². The average Bonchev–Trinajstić information content (AvgIpc) is 2.18. The molecular weight excluding hydrogens is 182 g/mol. The van der Waals surface area contributed by atoms with Gasteiger partial charge in [0.15, 0.2) is 0 Å². The lowest BCUT2D eigenvalue weighted by Gasteiger charge is -2.23. The van der Waals surface area contributed by atoms with E-state index in [0.29, 0.717) is 6.54 Å². The van der Waals surface area contributed by atoms with E-state index < -0.39 is 0 Å². The summed E-state index contributed by atoms with van der Waals surface area (Å²) in [5, 5.41) is 0. The van der Waals surface area contributed by atoms with Crippen LogP contribution in [-0.4, -0.2) is 6.54 Å². The van der Waals surface area contributed by atoms with Gasteiger partial charge < -0.3 is 5.73 Å². The number of benzene rings is 1. The quantitative estimate of drug-likeness (QED) is 0.731. The number of rotatable bonds is 5. The fourth-order valence-corrected chi connectivity index (χ4v) is 1.70. The highest BCUT2D eigenvalue weighted by atomic mass is 14.6. The van der Waals surface area contributed by atoms with Gasteiger partial charge >= 0.3 is 0 Å². The minimum atomic E-state index is 0.172. The van der Waals surface area contributed by atoms with E-state index in [1.165, 1.54) is 11.1 Å². The first-order chi connectivity index (χ1) is 7.03. The van der Waals surface area contributed by atoms with Crippen molar-refractivity contribution in [3.8, 4) is 0 Å². The molecule has 0 amide bonds. The normalized spacial score (nSPS) is 11.4. The molecule has 1 aromatic carbocycles. The summed E-state index contributed by atoms with van der Waals surface area (Å²) in [5.74, 6) is 0. The molecule has 1 heteroatoms. The van der Waals surface area contributed by atoms with Gasteiger partial charge in [-0.3, -0.25) is 0 Å². The Morgan fingerprint density at radius 1 is 1.27 bits per heavy atom. The van der Waals surface area contributed by atoms with Crippen LogP contribution in [0.15, 0.2) is 42.5 Å². The molecule has 2 N–H and O–H groups in total. The van der Waals surface area contributed by atoms with Gasteiger partial charge in [-0.1, -0.05) is 56.3 Å². The molecule has 1 nitrogen and oxygen atoms in total. The van der Waals surface area contributed by atoms with Gasteiger partial charge in [-0.25, -0.2) is 0 Å². The van der Waals surface area contributed by atoms with Crippen molar-refractivity contribution >= 4 is 0 Å². The van der Waals surface area contributed by atoms with Gasteiger partial charge in [0.25, 0.3) is 0 Å². The van der Waals surface area contributed by atoms with Crippen molar-refractivity contribution in [2.24, 2.45) is 11.1 Å². The zero-order valence-corrected chi connectivity index (χ0v) is 9.79. The van der Waals surface area contributed by atoms with Crippen LogP contribution in [0.5, 0.6) is 0 Å². The second-order valence-electron chi connectivity index (χ2n) is 4.96. The summed E-state index contributed by atoms with van der Waals surface area (Å²) < 4.78 is 0. The smallest absolute Gasteiger partial charge is 0.00228 e. The van der Waals surface area contributed by atoms with E-state index in [9.17, 15) is 0 Å². The van der Waals surface area contributed by atoms with Crippen molar-refractivity contribution in [2.75, 3.05) is 6.54 Å². The molecule has 0 aromatic heterocycles. The third kappa shape index (κ3) is 4.30. The molecule has 1 rings (SSSR count). The lowest BCUT2D eigenvalue weighted by Crippen LogP contribution is -2.24. The van der Waals surface area contributed by atoms with Crippen molar-refractivity contribution in [2.45, 2.75) is 26.7 Å². The monoisotopic (exact) mass is 203 g/mol. The van der Waals surface area contributed by atoms with Crippen LogP contribution in [0.1, 0.15) is 25.8 Å². The summed E-state index contributed by atoms with van der Waals surface area (Å²) in [7, 11) is 0. The molecule has 0 saturated heterocycles. The number of hydrogen-bond acceptors (Lipinski definition) is 1. The van der Waals surface area contributed by atoms with Crippen LogP contribution in [-0.2, 0) is 6.42 Å². The summed E-state index contributed by atoms with van der Waals surface area (Å²) in [6, 6.07) is 10.4. The topological polar surface area (TPSA) is 26.0 Å². The molecule has 0 aliphatic carbocycles. The molecule has 0 atom stereocenters. The zero-order valence-electron chi connectivity index (χ0n) is 9.79. The molecule has 82 valence electrons. The largest absolute Gasteiger partial charge is 0.330 e. The Morgan fingerprint density at radius 2 is 1.87 bits per heavy atom. The van der Waals surface area contributed by atoms with Crippen LogP contribution in [0.4, 0.5) is 0 Å². The lowest BCUT2D eigenvalue weighted by atomic mass is 9.84. The Morgan fingerprint density at radius 3 is 2.40 bits per heavy atom. The van der Waals surface area contributed by atoms with Gasteiger partial charge in [0.1, 0.15) is 0 Å². The summed E-state index contributed by atoms with van der Waals surface area (Å²) in [5.41, 5.74) is 8.47. The maximum atomic E-state index is 5.71. The highest BCUT2D eigenvalue weighted by molar-refractivity contribution is 5.20. The van der Waals surface area contributed by atoms with Crippen LogP contribution < -0.4 is 5.73 Å². The number of allylic oxidation sites excluding steroid dienone is 1. The third-order valence-electron chi connectivity index (χ3n) is 2.58. The molecule has 0 unspecified atom stereocenters. The number of hydrogen-bond donors (Lipinski definition) is 1. The summed E-state index contributed by atoms with van der Waals surface area (Å²) in [6.07, 6.45) is 1.96. The maximum Gasteiger partial charge on any atom is -0.00228 e. The predicted molar refractivity (Wildman–Crippen MR) is 66.7 cm³/mol. The molecule has 0 heterocycles. The Balaban J connectivity index is 2.51. The predicted octanol–water partition coefficient (Wildman–Crippen LogP) is 3.16. The standard InChI is InChI=1S/C14H21N/c1-12(10-14(2,3)11-15)9-13-7-5-4-6-8-13/h4-8H,1,9-11,15H2,2-3H3. The third-order valence-corrected chi connectivity index (χ3v) is 2.58. The molecule has 0 aliphatic rings. The molecule has 0 radical (unpaired) electrons. The van der Waals surface area contributed by atoms with E-state index in [0.717, 1.165) is 12.8 Å². The molecule has 1 aromatic rings. The first kappa shape index (κ1) is 12.0. The van der Waals surface area contributed by atoms with Crippen molar-refractivity contribution in [1.29, 1.82) is 0 Å². The Bertz CT molecular complexity index is 311. The second-order valence-corrected chi connectivity index (χ2v) is 4.96. The maximum absolute atomic E-state index is 5.71. The second kappa shape index (κ2) is 5.13. The van der Waals surface area contributed by atoms with Gasteiger partial charge in [0.2, 0.25) is 0 Å². The van der Waals surface area contributed by atoms with Crippen LogP contribution in [0.25, 0.3) is 0 Å². The lowest BCUT2D eigenvalue weighted by molar-refractivity contribution is 0.373. The molecular formula is C14H21N. The Hall–Kier alpha value is -1.08. The van der Waals surface area contributed by atoms with E-state index in [2.05, 4.69) is 44.7 Å². The SMILES string of the molecule is C=C(Cc1ccccc1)CC(C)(C)CN. The first-order valence-corrected chi connectivity index (χ1v) is 5.44. The summed E-state index contributed by atoms with van der Waals surface area (Å²) in [6.45, 7) is 9.20. The Kier molecular flexibility index (Phi) is 4.10. The van der Waals surface area contributed by atoms with E-state index in [1.807, 2.05) is 6.07 Å². The van der Waals surface area contributed by atoms with Gasteiger partial charge in [0.05, 0.1) is 0 Å². The minimum absolute atomic E-state index is 0.172. The van der Waals surface area contributed by atoms with Crippen LogP contribution in [0, 0.1) is 5.41 Å². The molecule has 0 fully saturated rings. The van der Waals surface area contributed by atoms with E-state index >= 15 is 0 Å². The highest BCUT2D eigenvalue weighted by Crippen LogP contribution is 2.24. The number of nitrogens with two attached hydrogens (primary N) is 1. The molecule has 0 bridgehead atoms. The van der Waals surface area contributed by atoms with Crippen molar-refractivity contribution in [3.05, 3.63) is 48.0 Å². The van der Waals surface area contributed by atoms with Crippen molar-refractivity contribution in [1.82, 2.24) is 0 Å². The van der Waals surface area contributed by atoms with E-state index in [4.69, 9.17) is 5.73 Å². The molecule has 15 heavy (non-hydrogen) atoms. The molecule has 0 aliphatic heterocycles. The van der Waals surface area contributed by atoms with E-state index in [-0.39, 0.29) is 5.41 Å². The van der Waals surface area contributed by atoms with Crippen LogP contribution in [0.3, 0.4) is 0 Å². The van der Waals surface area contributed by atoms with Gasteiger partial charge in [-0.05, 0) is 30.4 Å². The summed E-state index contributed by atoms with van der Waals surface area (Å²) in [4.78, 5) is 0. The molecule has 0 saturated carbocycles. The van der Waals surface area contributed by atoms with Crippen LogP contribution in [0.2, 0.25) is 0 Å². The Labute approximate surface area is 93.0 Å². The highest BCUT2D eigenvalue weighted by Gasteiger charge is 2.16. The minimum Gasteiger partial charge on any atom is -0.330 e. The summed E-state index contributed by atoms with van der Waals surface area (Å²) >= 11 is 0. The first-order valence-electron chi connectivity index (χ1n) is 5.44. The fourth-order valence-electron chi connectivity index (χ4n) is 1.70. The van der Waals surface area contributed by atoms with Crippen molar-refractivity contribution in [3.63, 3.8) is 0 Å². The average molecular weight is 203 g/mol. The van der Waals surface area contributed by atoms with Crippen molar-refractivity contribution < 1.29 is 0 Å². The van der Waals surface area contributed by atoms with Gasteiger partial charge in [-0.15, -0.1) is 0 Å². The van der Waals surface area contributed by atoms with Crippen LogP contribution >= 0.6 is 0 Å². The van der Waals surface area contributed by atoms with Gasteiger partial charge in [0, 0.05) is 0 Å². The molecule has 0 spiro atoms. The fraction of sp³-hybridized carbons (Fsp3) is 0.429. The van der Waals surface area contributed by atoms with Gasteiger partial charge in [-0.2, -0.15) is 0 Å².